The molecule has 0 spiro atoms. The topological polar surface area (TPSA) is 26.3 Å². The van der Waals surface area contributed by atoms with Crippen molar-refractivity contribution in [2.45, 2.75) is 39.2 Å². The largest absolute Gasteiger partial charge is 0.371 e. The molecule has 0 aliphatic heterocycles. The summed E-state index contributed by atoms with van der Waals surface area (Å²) < 4.78 is 5.00. The maximum Gasteiger partial charge on any atom is 0.164 e. The standard InChI is InChI=1S/C8H16O2/c1-5-6-7(9)8(2,3)10-4/h5-6H2,1-4H3. The van der Waals surface area contributed by atoms with Gasteiger partial charge in [0.05, 0.1) is 0 Å². The fraction of sp³-hybridized carbons (Fsp3) is 0.875. The summed E-state index contributed by atoms with van der Waals surface area (Å²) in [5.74, 6) is 0.178. The van der Waals surface area contributed by atoms with Crippen molar-refractivity contribution in [3.8, 4) is 0 Å². The predicted molar refractivity (Wildman–Crippen MR) is 41.0 cm³/mol. The van der Waals surface area contributed by atoms with E-state index in [2.05, 4.69) is 0 Å². The van der Waals surface area contributed by atoms with Gasteiger partial charge in [-0.2, -0.15) is 0 Å². The van der Waals surface area contributed by atoms with E-state index in [0.29, 0.717) is 6.42 Å². The third kappa shape index (κ3) is 2.48. The predicted octanol–water partition coefficient (Wildman–Crippen LogP) is 1.78. The molecule has 0 unspecified atom stereocenters. The van der Waals surface area contributed by atoms with Crippen molar-refractivity contribution in [3.63, 3.8) is 0 Å². The molecule has 0 radical (unpaired) electrons. The van der Waals surface area contributed by atoms with E-state index in [0.717, 1.165) is 6.42 Å². The molecule has 10 heavy (non-hydrogen) atoms. The summed E-state index contributed by atoms with van der Waals surface area (Å²) in [6, 6.07) is 0. The average molecular weight is 144 g/mol. The Balaban J connectivity index is 3.91. The summed E-state index contributed by atoms with van der Waals surface area (Å²) in [6.07, 6.45) is 1.51. The first-order chi connectivity index (χ1) is 4.54. The number of Topliss-reactive ketones (excluding diaryl/α,β-unsaturated/α-hetero) is 1. The monoisotopic (exact) mass is 144 g/mol. The van der Waals surface area contributed by atoms with Crippen LogP contribution in [0.1, 0.15) is 33.6 Å². The molecule has 0 rings (SSSR count). The molecule has 0 saturated heterocycles. The second-order valence-electron chi connectivity index (χ2n) is 2.89. The molecule has 0 atom stereocenters. The fourth-order valence-corrected chi connectivity index (χ4v) is 0.642. The summed E-state index contributed by atoms with van der Waals surface area (Å²) in [4.78, 5) is 11.2. The minimum Gasteiger partial charge on any atom is -0.371 e. The molecule has 2 heteroatoms. The number of hydrogen-bond acceptors (Lipinski definition) is 2. The van der Waals surface area contributed by atoms with Crippen LogP contribution in [0.2, 0.25) is 0 Å². The molecule has 60 valence electrons. The highest BCUT2D eigenvalue weighted by Crippen LogP contribution is 2.11. The number of ether oxygens (including phenoxy) is 1. The Kier molecular flexibility index (Phi) is 3.58. The van der Waals surface area contributed by atoms with E-state index in [1.54, 1.807) is 21.0 Å². The number of ketones is 1. The van der Waals surface area contributed by atoms with Crippen molar-refractivity contribution in [2.24, 2.45) is 0 Å². The minimum atomic E-state index is -0.587. The summed E-state index contributed by atoms with van der Waals surface area (Å²) in [7, 11) is 1.56. The van der Waals surface area contributed by atoms with Gasteiger partial charge in [0.2, 0.25) is 0 Å². The van der Waals surface area contributed by atoms with Gasteiger partial charge in [-0.15, -0.1) is 0 Å². The van der Waals surface area contributed by atoms with Crippen LogP contribution in [-0.2, 0) is 9.53 Å². The first kappa shape index (κ1) is 9.63. The number of hydrogen-bond donors (Lipinski definition) is 0. The van der Waals surface area contributed by atoms with Gasteiger partial charge in [0, 0.05) is 13.5 Å². The molecule has 0 bridgehead atoms. The smallest absolute Gasteiger partial charge is 0.164 e. The van der Waals surface area contributed by atoms with E-state index in [-0.39, 0.29) is 5.78 Å². The zero-order valence-electron chi connectivity index (χ0n) is 7.23. The fourth-order valence-electron chi connectivity index (χ4n) is 0.642. The molecule has 0 amide bonds. The first-order valence-electron chi connectivity index (χ1n) is 3.63. The highest BCUT2D eigenvalue weighted by Gasteiger charge is 2.24. The summed E-state index contributed by atoms with van der Waals surface area (Å²) >= 11 is 0. The van der Waals surface area contributed by atoms with Crippen LogP contribution in [-0.4, -0.2) is 18.5 Å². The van der Waals surface area contributed by atoms with Crippen LogP contribution in [0.5, 0.6) is 0 Å². The van der Waals surface area contributed by atoms with Gasteiger partial charge in [0.15, 0.2) is 5.78 Å². The third-order valence-electron chi connectivity index (χ3n) is 1.66. The Bertz CT molecular complexity index is 116. The summed E-state index contributed by atoms with van der Waals surface area (Å²) in [5.41, 5.74) is -0.587. The average Bonchev–Trinajstić information content (AvgIpc) is 1.89. The van der Waals surface area contributed by atoms with Crippen LogP contribution in [0, 0.1) is 0 Å². The number of rotatable bonds is 4. The lowest BCUT2D eigenvalue weighted by Crippen LogP contribution is -2.33. The normalized spacial score (nSPS) is 11.6. The highest BCUT2D eigenvalue weighted by atomic mass is 16.5. The Morgan fingerprint density at radius 3 is 2.30 bits per heavy atom. The van der Waals surface area contributed by atoms with Crippen molar-refractivity contribution in [3.05, 3.63) is 0 Å². The molecule has 0 aliphatic carbocycles. The van der Waals surface area contributed by atoms with Crippen molar-refractivity contribution in [1.29, 1.82) is 0 Å². The van der Waals surface area contributed by atoms with E-state index < -0.39 is 5.60 Å². The first-order valence-corrected chi connectivity index (χ1v) is 3.63. The molecule has 0 aromatic carbocycles. The maximum absolute atomic E-state index is 11.2. The molecular formula is C8H16O2. The van der Waals surface area contributed by atoms with Crippen molar-refractivity contribution in [1.82, 2.24) is 0 Å². The lowest BCUT2D eigenvalue weighted by molar-refractivity contribution is -0.137. The van der Waals surface area contributed by atoms with Crippen molar-refractivity contribution >= 4 is 5.78 Å². The second kappa shape index (κ2) is 3.71. The lowest BCUT2D eigenvalue weighted by atomic mass is 10.00. The van der Waals surface area contributed by atoms with Gasteiger partial charge < -0.3 is 4.74 Å². The summed E-state index contributed by atoms with van der Waals surface area (Å²) in [6.45, 7) is 5.58. The van der Waals surface area contributed by atoms with Gasteiger partial charge in [-0.3, -0.25) is 4.79 Å². The molecule has 0 aromatic heterocycles. The molecule has 2 nitrogen and oxygen atoms in total. The van der Waals surface area contributed by atoms with E-state index in [4.69, 9.17) is 4.74 Å². The van der Waals surface area contributed by atoms with Gasteiger partial charge in [0.1, 0.15) is 5.60 Å². The Morgan fingerprint density at radius 1 is 1.50 bits per heavy atom. The van der Waals surface area contributed by atoms with Gasteiger partial charge >= 0.3 is 0 Å². The quantitative estimate of drug-likeness (QED) is 0.601. The third-order valence-corrected chi connectivity index (χ3v) is 1.66. The van der Waals surface area contributed by atoms with Gasteiger partial charge in [-0.1, -0.05) is 6.92 Å². The van der Waals surface area contributed by atoms with Crippen molar-refractivity contribution in [2.75, 3.05) is 7.11 Å². The Morgan fingerprint density at radius 2 is 2.00 bits per heavy atom. The van der Waals surface area contributed by atoms with E-state index in [1.807, 2.05) is 6.92 Å². The zero-order valence-corrected chi connectivity index (χ0v) is 7.23. The van der Waals surface area contributed by atoms with Crippen LogP contribution < -0.4 is 0 Å². The summed E-state index contributed by atoms with van der Waals surface area (Å²) in [5, 5.41) is 0. The number of carbonyl (C=O) groups excluding carboxylic acids is 1. The highest BCUT2D eigenvalue weighted by molar-refractivity contribution is 5.86. The lowest BCUT2D eigenvalue weighted by Gasteiger charge is -2.20. The van der Waals surface area contributed by atoms with Gasteiger partial charge in [-0.05, 0) is 20.3 Å². The van der Waals surface area contributed by atoms with Crippen LogP contribution in [0.25, 0.3) is 0 Å². The Labute approximate surface area is 62.6 Å². The molecule has 0 heterocycles. The minimum absolute atomic E-state index is 0.178. The van der Waals surface area contributed by atoms with E-state index >= 15 is 0 Å². The van der Waals surface area contributed by atoms with Crippen LogP contribution in [0.3, 0.4) is 0 Å². The van der Waals surface area contributed by atoms with Gasteiger partial charge in [0.25, 0.3) is 0 Å². The molecule has 0 saturated carbocycles. The maximum atomic E-state index is 11.2. The SMILES string of the molecule is CCCC(=O)C(C)(C)OC. The van der Waals surface area contributed by atoms with Gasteiger partial charge in [-0.25, -0.2) is 0 Å². The molecule has 0 aromatic rings. The molecule has 0 N–H and O–H groups in total. The van der Waals surface area contributed by atoms with E-state index in [9.17, 15) is 4.79 Å². The zero-order chi connectivity index (χ0) is 8.20. The van der Waals surface area contributed by atoms with Crippen molar-refractivity contribution < 1.29 is 9.53 Å². The van der Waals surface area contributed by atoms with Crippen LogP contribution in [0.4, 0.5) is 0 Å². The molecule has 0 aliphatic rings. The molecular weight excluding hydrogens is 128 g/mol. The van der Waals surface area contributed by atoms with E-state index in [1.165, 1.54) is 0 Å². The Hall–Kier alpha value is -0.370. The van der Waals surface area contributed by atoms with Crippen LogP contribution in [0.15, 0.2) is 0 Å². The molecule has 0 fully saturated rings. The number of carbonyl (C=O) groups is 1. The second-order valence-corrected chi connectivity index (χ2v) is 2.89. The van der Waals surface area contributed by atoms with Crippen LogP contribution >= 0.6 is 0 Å². The number of methoxy groups -OCH3 is 1.